The number of ether oxygens (including phenoxy) is 1. The van der Waals surface area contributed by atoms with E-state index in [0.717, 1.165) is 6.42 Å². The van der Waals surface area contributed by atoms with E-state index in [-0.39, 0.29) is 24.0 Å². The third-order valence-electron chi connectivity index (χ3n) is 3.35. The van der Waals surface area contributed by atoms with Crippen LogP contribution in [0.15, 0.2) is 12.1 Å². The summed E-state index contributed by atoms with van der Waals surface area (Å²) < 4.78 is 19.2. The molecule has 0 radical (unpaired) electrons. The van der Waals surface area contributed by atoms with Gasteiger partial charge in [0.25, 0.3) is 0 Å². The second-order valence-electron chi connectivity index (χ2n) is 5.55. The first-order chi connectivity index (χ1) is 9.31. The van der Waals surface area contributed by atoms with Crippen LogP contribution in [0.1, 0.15) is 40.5 Å². The first-order valence-electron chi connectivity index (χ1n) is 6.96. The molecule has 0 aliphatic rings. The minimum absolute atomic E-state index is 0.0772. The highest BCUT2D eigenvalue weighted by Crippen LogP contribution is 2.32. The maximum absolute atomic E-state index is 13.8. The van der Waals surface area contributed by atoms with Gasteiger partial charge in [0.05, 0.1) is 17.5 Å². The lowest BCUT2D eigenvalue weighted by atomic mass is 9.94. The lowest BCUT2D eigenvalue weighted by Gasteiger charge is -2.31. The van der Waals surface area contributed by atoms with Crippen molar-refractivity contribution in [3.8, 4) is 5.75 Å². The van der Waals surface area contributed by atoms with E-state index >= 15 is 0 Å². The number of hydrogen-bond acceptors (Lipinski definition) is 4. The van der Waals surface area contributed by atoms with Crippen LogP contribution in [0.25, 0.3) is 0 Å². The molecule has 20 heavy (non-hydrogen) atoms. The Labute approximate surface area is 120 Å². The number of nitrogen functional groups attached to an aromatic ring is 1. The third-order valence-corrected chi connectivity index (χ3v) is 3.35. The molecule has 0 saturated carbocycles. The maximum Gasteiger partial charge on any atom is 0.167 e. The largest absolute Gasteiger partial charge is 0.488 e. The van der Waals surface area contributed by atoms with E-state index in [1.165, 1.54) is 6.07 Å². The summed E-state index contributed by atoms with van der Waals surface area (Å²) in [4.78, 5) is 0. The Morgan fingerprint density at radius 1 is 1.45 bits per heavy atom. The summed E-state index contributed by atoms with van der Waals surface area (Å²) in [5.41, 5.74) is 6.52. The van der Waals surface area contributed by atoms with E-state index < -0.39 is 5.82 Å². The smallest absolute Gasteiger partial charge is 0.167 e. The summed E-state index contributed by atoms with van der Waals surface area (Å²) in [6, 6.07) is 2.84. The van der Waals surface area contributed by atoms with Crippen molar-refractivity contribution >= 4 is 11.4 Å². The van der Waals surface area contributed by atoms with Crippen molar-refractivity contribution in [2.45, 2.75) is 52.2 Å². The fourth-order valence-corrected chi connectivity index (χ4v) is 1.92. The van der Waals surface area contributed by atoms with Crippen LogP contribution in [0.2, 0.25) is 0 Å². The predicted octanol–water partition coefficient (Wildman–Crippen LogP) is 3.16. The lowest BCUT2D eigenvalue weighted by molar-refractivity contribution is 0.231. The van der Waals surface area contributed by atoms with Crippen LogP contribution >= 0.6 is 0 Å². The molecule has 1 aromatic rings. The molecular weight excluding hydrogens is 259 g/mol. The van der Waals surface area contributed by atoms with Gasteiger partial charge in [0.1, 0.15) is 0 Å². The molecule has 0 spiro atoms. The van der Waals surface area contributed by atoms with Crippen molar-refractivity contribution in [2.24, 2.45) is 0 Å². The number of aliphatic hydroxyl groups is 1. The topological polar surface area (TPSA) is 67.5 Å². The molecule has 1 unspecified atom stereocenters. The van der Waals surface area contributed by atoms with Crippen LogP contribution in [0.4, 0.5) is 15.8 Å². The molecule has 1 aromatic carbocycles. The molecule has 0 fully saturated rings. The average Bonchev–Trinajstić information content (AvgIpc) is 2.35. The van der Waals surface area contributed by atoms with Crippen LogP contribution in [0.3, 0.4) is 0 Å². The standard InChI is InChI=1S/C15H25FN2O2/c1-5-15(4,6-7-19)18-13-9-14(20-10(2)3)11(16)8-12(13)17/h8-10,18-19H,5-7,17H2,1-4H3. The molecule has 0 aliphatic heterocycles. The van der Waals surface area contributed by atoms with E-state index in [4.69, 9.17) is 15.6 Å². The molecule has 5 heteroatoms. The highest BCUT2D eigenvalue weighted by Gasteiger charge is 2.23. The molecule has 0 aromatic heterocycles. The van der Waals surface area contributed by atoms with Gasteiger partial charge in [-0.1, -0.05) is 6.92 Å². The van der Waals surface area contributed by atoms with Gasteiger partial charge in [-0.25, -0.2) is 4.39 Å². The van der Waals surface area contributed by atoms with Crippen molar-refractivity contribution in [1.29, 1.82) is 0 Å². The number of benzene rings is 1. The fourth-order valence-electron chi connectivity index (χ4n) is 1.92. The molecule has 0 bridgehead atoms. The lowest BCUT2D eigenvalue weighted by Crippen LogP contribution is -2.35. The van der Waals surface area contributed by atoms with Crippen molar-refractivity contribution in [3.05, 3.63) is 17.9 Å². The van der Waals surface area contributed by atoms with E-state index in [2.05, 4.69) is 5.32 Å². The van der Waals surface area contributed by atoms with Crippen LogP contribution in [-0.2, 0) is 0 Å². The van der Waals surface area contributed by atoms with Crippen molar-refractivity contribution in [1.82, 2.24) is 0 Å². The molecule has 0 aliphatic carbocycles. The van der Waals surface area contributed by atoms with Gasteiger partial charge < -0.3 is 20.9 Å². The van der Waals surface area contributed by atoms with Crippen LogP contribution < -0.4 is 15.8 Å². The van der Waals surface area contributed by atoms with E-state index in [1.54, 1.807) is 6.07 Å². The second-order valence-corrected chi connectivity index (χ2v) is 5.55. The number of nitrogens with one attached hydrogen (secondary N) is 1. The van der Waals surface area contributed by atoms with E-state index in [1.807, 2.05) is 27.7 Å². The Morgan fingerprint density at radius 3 is 2.60 bits per heavy atom. The third kappa shape index (κ3) is 4.27. The molecule has 0 heterocycles. The monoisotopic (exact) mass is 284 g/mol. The Morgan fingerprint density at radius 2 is 2.10 bits per heavy atom. The van der Waals surface area contributed by atoms with Crippen LogP contribution in [-0.4, -0.2) is 23.4 Å². The SMILES string of the molecule is CCC(C)(CCO)Nc1cc(OC(C)C)c(F)cc1N. The molecule has 114 valence electrons. The minimum Gasteiger partial charge on any atom is -0.488 e. The minimum atomic E-state index is -0.470. The zero-order valence-corrected chi connectivity index (χ0v) is 12.7. The number of halogens is 1. The normalized spacial score (nSPS) is 14.2. The van der Waals surface area contributed by atoms with Gasteiger partial charge in [-0.3, -0.25) is 0 Å². The quantitative estimate of drug-likeness (QED) is 0.673. The van der Waals surface area contributed by atoms with Gasteiger partial charge in [0, 0.05) is 24.3 Å². The van der Waals surface area contributed by atoms with E-state index in [9.17, 15) is 4.39 Å². The predicted molar refractivity (Wildman–Crippen MR) is 80.6 cm³/mol. The van der Waals surface area contributed by atoms with Crippen LogP contribution in [0, 0.1) is 5.82 Å². The summed E-state index contributed by atoms with van der Waals surface area (Å²) in [7, 11) is 0. The van der Waals surface area contributed by atoms with Gasteiger partial charge in [0.2, 0.25) is 0 Å². The molecular formula is C15H25FN2O2. The van der Waals surface area contributed by atoms with Gasteiger partial charge in [-0.15, -0.1) is 0 Å². The van der Waals surface area contributed by atoms with Crippen LogP contribution in [0.5, 0.6) is 5.75 Å². The van der Waals surface area contributed by atoms with Crippen molar-refractivity contribution in [2.75, 3.05) is 17.7 Å². The first kappa shape index (κ1) is 16.6. The van der Waals surface area contributed by atoms with Crippen molar-refractivity contribution in [3.63, 3.8) is 0 Å². The van der Waals surface area contributed by atoms with E-state index in [0.29, 0.717) is 17.8 Å². The molecule has 0 amide bonds. The maximum atomic E-state index is 13.8. The zero-order chi connectivity index (χ0) is 15.3. The Balaban J connectivity index is 3.05. The molecule has 4 N–H and O–H groups in total. The summed E-state index contributed by atoms with van der Waals surface area (Å²) in [5.74, 6) is -0.290. The number of nitrogens with two attached hydrogens (primary N) is 1. The summed E-state index contributed by atoms with van der Waals surface area (Å²) in [6.07, 6.45) is 1.28. The number of aliphatic hydroxyl groups excluding tert-OH is 1. The van der Waals surface area contributed by atoms with Gasteiger partial charge in [-0.05, 0) is 33.6 Å². The Bertz CT molecular complexity index is 452. The average molecular weight is 284 g/mol. The first-order valence-corrected chi connectivity index (χ1v) is 6.96. The molecule has 0 saturated heterocycles. The highest BCUT2D eigenvalue weighted by atomic mass is 19.1. The molecule has 1 rings (SSSR count). The Hall–Kier alpha value is -1.49. The fraction of sp³-hybridized carbons (Fsp3) is 0.600. The highest BCUT2D eigenvalue weighted by molar-refractivity contribution is 5.69. The number of anilines is 2. The second kappa shape index (κ2) is 6.79. The number of hydrogen-bond donors (Lipinski definition) is 3. The summed E-state index contributed by atoms with van der Waals surface area (Å²) in [5, 5.41) is 12.4. The van der Waals surface area contributed by atoms with Gasteiger partial charge in [-0.2, -0.15) is 0 Å². The molecule has 4 nitrogen and oxygen atoms in total. The summed E-state index contributed by atoms with van der Waals surface area (Å²) in [6.45, 7) is 7.77. The molecule has 1 atom stereocenters. The van der Waals surface area contributed by atoms with Gasteiger partial charge in [0.15, 0.2) is 11.6 Å². The zero-order valence-electron chi connectivity index (χ0n) is 12.7. The Kier molecular flexibility index (Phi) is 5.62. The van der Waals surface area contributed by atoms with Gasteiger partial charge >= 0.3 is 0 Å². The van der Waals surface area contributed by atoms with Crippen molar-refractivity contribution < 1.29 is 14.2 Å². The summed E-state index contributed by atoms with van der Waals surface area (Å²) >= 11 is 0. The number of rotatable bonds is 7.